The normalized spacial score (nSPS) is 13.1. The van der Waals surface area contributed by atoms with Gasteiger partial charge >= 0.3 is 18.3 Å². The highest BCUT2D eigenvalue weighted by atomic mass is 80.0. The van der Waals surface area contributed by atoms with Crippen LogP contribution in [0.2, 0.25) is 0 Å². The van der Waals surface area contributed by atoms with Crippen molar-refractivity contribution in [3.63, 3.8) is 0 Å². The summed E-state index contributed by atoms with van der Waals surface area (Å²) in [4.78, 5) is 11.4. The van der Waals surface area contributed by atoms with E-state index in [9.17, 15) is 31.1 Å². The largest absolute Gasteiger partial charge is 0.458 e. The maximum Gasteiger partial charge on any atom is 0.416 e. The molecule has 0 unspecified atom stereocenters. The van der Waals surface area contributed by atoms with Gasteiger partial charge in [-0.05, 0) is 59.9 Å². The third-order valence-corrected chi connectivity index (χ3v) is 3.30. The summed E-state index contributed by atoms with van der Waals surface area (Å²) in [6, 6.07) is 1.09. The highest BCUT2D eigenvalue weighted by molar-refractivity contribution is 9.40. The topological polar surface area (TPSA) is 26.3 Å². The molecule has 0 spiro atoms. The number of hydrogen-bond donors (Lipinski definition) is 0. The number of alkyl halides is 9. The van der Waals surface area contributed by atoms with E-state index in [2.05, 4.69) is 52.5 Å². The predicted octanol–water partition coefficient (Wildman–Crippen LogP) is 5.61. The highest BCUT2D eigenvalue weighted by Crippen LogP contribution is 2.38. The molecule has 0 aromatic heterocycles. The van der Waals surface area contributed by atoms with Crippen LogP contribution in [0.5, 0.6) is 0 Å². The fourth-order valence-corrected chi connectivity index (χ4v) is 1.71. The Morgan fingerprint density at radius 1 is 1.00 bits per heavy atom. The Labute approximate surface area is 145 Å². The Balaban J connectivity index is 3.13. The van der Waals surface area contributed by atoms with Crippen molar-refractivity contribution in [2.24, 2.45) is 0 Å². The molecular formula is C11H5Br3F6O2. The molecule has 0 fully saturated rings. The van der Waals surface area contributed by atoms with Crippen LogP contribution in [0.15, 0.2) is 18.2 Å². The van der Waals surface area contributed by atoms with Crippen molar-refractivity contribution in [3.8, 4) is 0 Å². The number of esters is 1. The van der Waals surface area contributed by atoms with Gasteiger partial charge in [-0.2, -0.15) is 26.3 Å². The summed E-state index contributed by atoms with van der Waals surface area (Å²) in [6.07, 6.45) is -9.93. The number of carbonyl (C=O) groups excluding carboxylic acids is 1. The zero-order chi connectivity index (χ0) is 17.3. The van der Waals surface area contributed by atoms with Gasteiger partial charge in [0.15, 0.2) is 0 Å². The van der Waals surface area contributed by atoms with Crippen LogP contribution in [0, 0.1) is 0 Å². The lowest BCUT2D eigenvalue weighted by Gasteiger charge is -2.17. The van der Waals surface area contributed by atoms with Crippen LogP contribution >= 0.6 is 47.8 Å². The van der Waals surface area contributed by atoms with E-state index in [0.29, 0.717) is 12.1 Å². The van der Waals surface area contributed by atoms with Crippen molar-refractivity contribution in [1.29, 1.82) is 0 Å². The molecule has 0 amide bonds. The third-order valence-electron chi connectivity index (χ3n) is 2.33. The molecule has 22 heavy (non-hydrogen) atoms. The monoisotopic (exact) mass is 520 g/mol. The van der Waals surface area contributed by atoms with Gasteiger partial charge in [0.2, 0.25) is 2.14 Å². The van der Waals surface area contributed by atoms with Crippen LogP contribution in [-0.4, -0.2) is 8.11 Å². The lowest BCUT2D eigenvalue weighted by Crippen LogP contribution is -2.21. The average molecular weight is 523 g/mol. The summed E-state index contributed by atoms with van der Waals surface area (Å²) in [6.45, 7) is -0.837. The molecule has 0 aliphatic heterocycles. The van der Waals surface area contributed by atoms with Gasteiger partial charge < -0.3 is 4.74 Å². The molecule has 0 heterocycles. The quantitative estimate of drug-likeness (QED) is 0.287. The molecule has 0 saturated heterocycles. The van der Waals surface area contributed by atoms with Gasteiger partial charge in [-0.3, -0.25) is 0 Å². The Morgan fingerprint density at radius 2 is 1.55 bits per heavy atom. The first-order valence-corrected chi connectivity index (χ1v) is 7.62. The van der Waals surface area contributed by atoms with Crippen molar-refractivity contribution in [2.75, 3.05) is 0 Å². The first kappa shape index (κ1) is 19.8. The maximum absolute atomic E-state index is 12.8. The van der Waals surface area contributed by atoms with Crippen molar-refractivity contribution < 1.29 is 35.9 Å². The summed E-state index contributed by atoms with van der Waals surface area (Å²) in [5.74, 6) is -1.000. The van der Waals surface area contributed by atoms with E-state index in [0.717, 1.165) is 0 Å². The molecule has 0 saturated carbocycles. The molecule has 0 atom stereocenters. The van der Waals surface area contributed by atoms with Gasteiger partial charge in [-0.15, -0.1) is 0 Å². The molecule has 124 valence electrons. The Bertz CT molecular complexity index is 562. The Morgan fingerprint density at radius 3 is 1.95 bits per heavy atom. The summed E-state index contributed by atoms with van der Waals surface area (Å²) in [5.41, 5.74) is -3.55. The first-order chi connectivity index (χ1) is 9.73. The van der Waals surface area contributed by atoms with Gasteiger partial charge in [0.1, 0.15) is 6.61 Å². The second-order valence-electron chi connectivity index (χ2n) is 3.94. The number of halogens is 9. The fourth-order valence-electron chi connectivity index (χ4n) is 1.37. The minimum absolute atomic E-state index is 0.0210. The second-order valence-corrected chi connectivity index (χ2v) is 10.7. The highest BCUT2D eigenvalue weighted by Gasteiger charge is 2.38. The minimum Gasteiger partial charge on any atom is -0.458 e. The van der Waals surface area contributed by atoms with Gasteiger partial charge in [-0.1, -0.05) is 6.07 Å². The molecule has 1 aromatic rings. The smallest absolute Gasteiger partial charge is 0.416 e. The molecule has 0 aliphatic carbocycles. The van der Waals surface area contributed by atoms with Gasteiger partial charge in [0.25, 0.3) is 0 Å². The zero-order valence-electron chi connectivity index (χ0n) is 10.2. The first-order valence-electron chi connectivity index (χ1n) is 5.24. The minimum atomic E-state index is -5.02. The van der Waals surface area contributed by atoms with Crippen LogP contribution < -0.4 is 0 Å². The summed E-state index contributed by atoms with van der Waals surface area (Å²) >= 11 is 8.40. The Kier molecular flexibility index (Phi) is 6.00. The van der Waals surface area contributed by atoms with E-state index in [-0.39, 0.29) is 6.07 Å². The van der Waals surface area contributed by atoms with E-state index in [1.807, 2.05) is 0 Å². The molecule has 2 nitrogen and oxygen atoms in total. The molecule has 1 aromatic carbocycles. The number of benzene rings is 1. The van der Waals surface area contributed by atoms with Crippen molar-refractivity contribution in [1.82, 2.24) is 0 Å². The number of rotatable bonds is 2. The van der Waals surface area contributed by atoms with Crippen LogP contribution in [0.3, 0.4) is 0 Å². The van der Waals surface area contributed by atoms with E-state index in [1.54, 1.807) is 0 Å². The molecule has 0 N–H and O–H groups in total. The molecule has 0 radical (unpaired) electrons. The Hall–Kier alpha value is -0.290. The van der Waals surface area contributed by atoms with Crippen LogP contribution in [0.1, 0.15) is 16.7 Å². The van der Waals surface area contributed by atoms with E-state index < -0.39 is 43.8 Å². The molecule has 1 rings (SSSR count). The van der Waals surface area contributed by atoms with E-state index >= 15 is 0 Å². The van der Waals surface area contributed by atoms with Gasteiger partial charge in [-0.25, -0.2) is 4.79 Å². The second kappa shape index (κ2) is 6.68. The maximum atomic E-state index is 12.8. The summed E-state index contributed by atoms with van der Waals surface area (Å²) in [5, 5.41) is 0. The third kappa shape index (κ3) is 5.41. The van der Waals surface area contributed by atoms with E-state index in [1.165, 1.54) is 0 Å². The SMILES string of the molecule is O=C(OCc1ccc(C(F)(F)F)cc1C(F)(F)F)C(Br)(Br)Br. The predicted molar refractivity (Wildman–Crippen MR) is 75.8 cm³/mol. The van der Waals surface area contributed by atoms with Crippen molar-refractivity contribution in [3.05, 3.63) is 34.9 Å². The lowest BCUT2D eigenvalue weighted by atomic mass is 10.0. The molecule has 0 aliphatic rings. The number of ether oxygens (including phenoxy) is 1. The zero-order valence-corrected chi connectivity index (χ0v) is 14.9. The van der Waals surface area contributed by atoms with Crippen LogP contribution in [0.25, 0.3) is 0 Å². The number of carbonyl (C=O) groups is 1. The molecule has 0 bridgehead atoms. The lowest BCUT2D eigenvalue weighted by molar-refractivity contribution is -0.148. The standard InChI is InChI=1S/C11H5Br3F6O2/c12-9(13,14)8(21)22-4-5-1-2-6(10(15,16)17)3-7(5)11(18,19)20/h1-3H,4H2. The molecular weight excluding hydrogens is 518 g/mol. The van der Waals surface area contributed by atoms with Crippen molar-refractivity contribution in [2.45, 2.75) is 21.1 Å². The van der Waals surface area contributed by atoms with E-state index in [4.69, 9.17) is 0 Å². The van der Waals surface area contributed by atoms with Crippen LogP contribution in [0.4, 0.5) is 26.3 Å². The number of hydrogen-bond acceptors (Lipinski definition) is 2. The van der Waals surface area contributed by atoms with Gasteiger partial charge in [0, 0.05) is 5.56 Å². The molecule has 11 heteroatoms. The van der Waals surface area contributed by atoms with Crippen LogP contribution in [-0.2, 0) is 28.5 Å². The van der Waals surface area contributed by atoms with Crippen molar-refractivity contribution >= 4 is 53.8 Å². The summed E-state index contributed by atoms with van der Waals surface area (Å²) in [7, 11) is 0. The summed E-state index contributed by atoms with van der Waals surface area (Å²) < 4.78 is 79.1. The average Bonchev–Trinajstić information content (AvgIpc) is 2.32. The fraction of sp³-hybridized carbons (Fsp3) is 0.364. The van der Waals surface area contributed by atoms with Gasteiger partial charge in [0.05, 0.1) is 11.1 Å².